The lowest BCUT2D eigenvalue weighted by Gasteiger charge is -2.18. The molecule has 0 saturated heterocycles. The molecule has 2 aromatic rings. The van der Waals surface area contributed by atoms with E-state index in [9.17, 15) is 13.2 Å². The first-order valence-electron chi connectivity index (χ1n) is 6.26. The molecule has 0 aliphatic carbocycles. The van der Waals surface area contributed by atoms with Gasteiger partial charge in [-0.2, -0.15) is 4.37 Å². The number of anilines is 1. The number of hydrogen-bond acceptors (Lipinski definition) is 5. The van der Waals surface area contributed by atoms with E-state index in [1.54, 1.807) is 24.1 Å². The van der Waals surface area contributed by atoms with Crippen LogP contribution in [0.3, 0.4) is 0 Å². The van der Waals surface area contributed by atoms with E-state index >= 15 is 0 Å². The summed E-state index contributed by atoms with van der Waals surface area (Å²) in [7, 11) is 1.75. The summed E-state index contributed by atoms with van der Waals surface area (Å²) in [6.07, 6.45) is -3.98. The van der Waals surface area contributed by atoms with Gasteiger partial charge in [-0.3, -0.25) is 0 Å². The minimum atomic E-state index is -4.70. The lowest BCUT2D eigenvalue weighted by Crippen LogP contribution is -2.21. The molecule has 0 aliphatic heterocycles. The third kappa shape index (κ3) is 4.32. The lowest BCUT2D eigenvalue weighted by atomic mass is 10.2. The van der Waals surface area contributed by atoms with Crippen molar-refractivity contribution in [2.75, 3.05) is 11.9 Å². The summed E-state index contributed by atoms with van der Waals surface area (Å²) in [6.45, 7) is 2.20. The zero-order valence-corrected chi connectivity index (χ0v) is 12.3. The average Bonchev–Trinajstić information content (AvgIpc) is 2.88. The lowest BCUT2D eigenvalue weighted by molar-refractivity contribution is -0.274. The van der Waals surface area contributed by atoms with Crippen molar-refractivity contribution in [2.45, 2.75) is 26.3 Å². The van der Waals surface area contributed by atoms with Crippen LogP contribution in [0.25, 0.3) is 0 Å². The molecule has 0 atom stereocenters. The van der Waals surface area contributed by atoms with Gasteiger partial charge in [-0.25, -0.2) is 4.98 Å². The fraction of sp³-hybridized carbons (Fsp3) is 0.385. The Balaban J connectivity index is 2.15. The van der Waals surface area contributed by atoms with Crippen molar-refractivity contribution in [3.63, 3.8) is 0 Å². The van der Waals surface area contributed by atoms with E-state index in [0.29, 0.717) is 10.7 Å². The SMILES string of the molecule is CCc1nsc(N(C)Cc2ccccc2OC(F)(F)F)n1. The molecule has 0 amide bonds. The van der Waals surface area contributed by atoms with Gasteiger partial charge in [0.2, 0.25) is 5.13 Å². The molecule has 0 saturated carbocycles. The number of para-hydroxylation sites is 1. The number of benzene rings is 1. The molecule has 21 heavy (non-hydrogen) atoms. The topological polar surface area (TPSA) is 38.2 Å². The van der Waals surface area contributed by atoms with Crippen LogP contribution in [0.1, 0.15) is 18.3 Å². The largest absolute Gasteiger partial charge is 0.573 e. The van der Waals surface area contributed by atoms with Crippen molar-refractivity contribution in [1.29, 1.82) is 0 Å². The molecule has 1 aromatic heterocycles. The number of nitrogens with zero attached hydrogens (tertiary/aromatic N) is 3. The number of aryl methyl sites for hydroxylation is 1. The summed E-state index contributed by atoms with van der Waals surface area (Å²) >= 11 is 1.22. The molecule has 0 radical (unpaired) electrons. The van der Waals surface area contributed by atoms with Gasteiger partial charge in [0, 0.05) is 37.1 Å². The van der Waals surface area contributed by atoms with Gasteiger partial charge in [0.1, 0.15) is 11.6 Å². The Morgan fingerprint density at radius 1 is 1.29 bits per heavy atom. The Hall–Kier alpha value is -1.83. The maximum Gasteiger partial charge on any atom is 0.573 e. The third-order valence-electron chi connectivity index (χ3n) is 2.71. The highest BCUT2D eigenvalue weighted by Crippen LogP contribution is 2.28. The van der Waals surface area contributed by atoms with Crippen LogP contribution in [0, 0.1) is 0 Å². The normalized spacial score (nSPS) is 11.5. The summed E-state index contributed by atoms with van der Waals surface area (Å²) < 4.78 is 45.3. The molecule has 0 unspecified atom stereocenters. The second-order valence-corrected chi connectivity index (χ2v) is 5.09. The van der Waals surface area contributed by atoms with Crippen molar-refractivity contribution in [3.8, 4) is 5.75 Å². The first-order valence-corrected chi connectivity index (χ1v) is 7.03. The highest BCUT2D eigenvalue weighted by atomic mass is 32.1. The Kier molecular flexibility index (Phi) is 4.66. The van der Waals surface area contributed by atoms with Crippen LogP contribution in [0.2, 0.25) is 0 Å². The smallest absolute Gasteiger partial charge is 0.405 e. The van der Waals surface area contributed by atoms with Gasteiger partial charge in [-0.15, -0.1) is 13.2 Å². The Morgan fingerprint density at radius 3 is 2.62 bits per heavy atom. The Bertz CT molecular complexity index is 600. The highest BCUT2D eigenvalue weighted by molar-refractivity contribution is 7.09. The van der Waals surface area contributed by atoms with Crippen LogP contribution < -0.4 is 9.64 Å². The fourth-order valence-electron chi connectivity index (χ4n) is 1.73. The maximum absolute atomic E-state index is 12.4. The number of halogens is 3. The highest BCUT2D eigenvalue weighted by Gasteiger charge is 2.32. The van der Waals surface area contributed by atoms with E-state index < -0.39 is 6.36 Å². The summed E-state index contributed by atoms with van der Waals surface area (Å²) in [6, 6.07) is 6.07. The van der Waals surface area contributed by atoms with Gasteiger partial charge in [-0.05, 0) is 6.07 Å². The number of hydrogen-bond donors (Lipinski definition) is 0. The standard InChI is InChI=1S/C13H14F3N3OS/c1-3-11-17-12(21-18-11)19(2)8-9-6-4-5-7-10(9)20-13(14,15)16/h4-7H,3,8H2,1-2H3. The quantitative estimate of drug-likeness (QED) is 0.844. The predicted octanol–water partition coefficient (Wildman–Crippen LogP) is 3.64. The van der Waals surface area contributed by atoms with E-state index in [1.165, 1.54) is 23.7 Å². The van der Waals surface area contributed by atoms with Crippen LogP contribution in [0.4, 0.5) is 18.3 Å². The third-order valence-corrected chi connectivity index (χ3v) is 3.57. The monoisotopic (exact) mass is 317 g/mol. The van der Waals surface area contributed by atoms with Gasteiger partial charge < -0.3 is 9.64 Å². The molecule has 1 heterocycles. The zero-order valence-electron chi connectivity index (χ0n) is 11.5. The van der Waals surface area contributed by atoms with Gasteiger partial charge in [0.25, 0.3) is 0 Å². The van der Waals surface area contributed by atoms with Crippen molar-refractivity contribution in [1.82, 2.24) is 9.36 Å². The molecule has 0 fully saturated rings. The molecule has 1 aromatic carbocycles. The van der Waals surface area contributed by atoms with Crippen LogP contribution in [-0.2, 0) is 13.0 Å². The molecule has 0 aliphatic rings. The van der Waals surface area contributed by atoms with E-state index in [2.05, 4.69) is 14.1 Å². The molecule has 0 N–H and O–H groups in total. The summed E-state index contributed by atoms with van der Waals surface area (Å²) in [5.74, 6) is 0.527. The predicted molar refractivity (Wildman–Crippen MR) is 74.5 cm³/mol. The van der Waals surface area contributed by atoms with Crippen molar-refractivity contribution >= 4 is 16.7 Å². The van der Waals surface area contributed by atoms with Gasteiger partial charge in [0.15, 0.2) is 0 Å². The summed E-state index contributed by atoms with van der Waals surface area (Å²) in [5, 5.41) is 0.661. The maximum atomic E-state index is 12.4. The average molecular weight is 317 g/mol. The van der Waals surface area contributed by atoms with Gasteiger partial charge in [0.05, 0.1) is 0 Å². The molecule has 4 nitrogen and oxygen atoms in total. The Morgan fingerprint density at radius 2 is 2.00 bits per heavy atom. The molecule has 0 spiro atoms. The van der Waals surface area contributed by atoms with E-state index in [4.69, 9.17) is 0 Å². The number of aromatic nitrogens is 2. The minimum Gasteiger partial charge on any atom is -0.405 e. The number of rotatable bonds is 5. The van der Waals surface area contributed by atoms with E-state index in [0.717, 1.165) is 12.2 Å². The summed E-state index contributed by atoms with van der Waals surface area (Å²) in [5.41, 5.74) is 0.436. The van der Waals surface area contributed by atoms with Gasteiger partial charge in [-0.1, -0.05) is 25.1 Å². The minimum absolute atomic E-state index is 0.197. The molecule has 8 heteroatoms. The van der Waals surface area contributed by atoms with E-state index in [1.807, 2.05) is 6.92 Å². The Labute approximate surface area is 124 Å². The molecular formula is C13H14F3N3OS. The second-order valence-electron chi connectivity index (χ2n) is 4.36. The van der Waals surface area contributed by atoms with Crippen molar-refractivity contribution < 1.29 is 17.9 Å². The van der Waals surface area contributed by atoms with Crippen LogP contribution >= 0.6 is 11.5 Å². The molecule has 2 rings (SSSR count). The first kappa shape index (κ1) is 15.6. The van der Waals surface area contributed by atoms with Gasteiger partial charge >= 0.3 is 6.36 Å². The van der Waals surface area contributed by atoms with E-state index in [-0.39, 0.29) is 12.3 Å². The number of alkyl halides is 3. The van der Waals surface area contributed by atoms with Crippen LogP contribution in [0.15, 0.2) is 24.3 Å². The first-order chi connectivity index (χ1) is 9.89. The molecule has 0 bridgehead atoms. The van der Waals surface area contributed by atoms with Crippen molar-refractivity contribution in [2.24, 2.45) is 0 Å². The molecule has 114 valence electrons. The number of ether oxygens (including phenoxy) is 1. The van der Waals surface area contributed by atoms with Crippen LogP contribution in [-0.4, -0.2) is 22.8 Å². The fourth-order valence-corrected chi connectivity index (χ4v) is 2.43. The van der Waals surface area contributed by atoms with Crippen molar-refractivity contribution in [3.05, 3.63) is 35.7 Å². The zero-order chi connectivity index (χ0) is 15.5. The second kappa shape index (κ2) is 6.30. The summed E-state index contributed by atoms with van der Waals surface area (Å²) in [4.78, 5) is 6.04. The van der Waals surface area contributed by atoms with Crippen LogP contribution in [0.5, 0.6) is 5.75 Å². The molecular weight excluding hydrogens is 303 g/mol.